The zero-order valence-electron chi connectivity index (χ0n) is 11.2. The third kappa shape index (κ3) is 3.25. The Morgan fingerprint density at radius 1 is 1.16 bits per heavy atom. The summed E-state index contributed by atoms with van der Waals surface area (Å²) in [6.07, 6.45) is 0.896. The summed E-state index contributed by atoms with van der Waals surface area (Å²) in [4.78, 5) is 12.8. The molecule has 2 aromatic carbocycles. The van der Waals surface area contributed by atoms with Crippen LogP contribution in [0, 0.1) is 0 Å². The predicted molar refractivity (Wildman–Crippen MR) is 78.7 cm³/mol. The molecule has 1 N–H and O–H groups in total. The molecule has 2 aromatic rings. The van der Waals surface area contributed by atoms with Crippen LogP contribution in [0.25, 0.3) is 10.8 Å². The van der Waals surface area contributed by atoms with Gasteiger partial charge < -0.3 is 10.0 Å². The van der Waals surface area contributed by atoms with Crippen LogP contribution in [0.3, 0.4) is 0 Å². The van der Waals surface area contributed by atoms with Crippen LogP contribution < -0.4 is 4.90 Å². The van der Waals surface area contributed by atoms with Gasteiger partial charge in [-0.15, -0.1) is 0 Å². The van der Waals surface area contributed by atoms with E-state index in [9.17, 15) is 4.79 Å². The summed E-state index contributed by atoms with van der Waals surface area (Å²) in [5.41, 5.74) is 1.19. The molecule has 0 spiro atoms. The molecule has 0 bridgehead atoms. The number of nitrogens with zero attached hydrogens (tertiary/aromatic N) is 1. The average Bonchev–Trinajstić information content (AvgIpc) is 2.43. The molecule has 100 valence electrons. The SMILES string of the molecule is CCN(CCCC(=O)O)c1cccc2ccccc12. The fourth-order valence-corrected chi connectivity index (χ4v) is 2.35. The number of anilines is 1. The molecule has 3 heteroatoms. The Bertz CT molecular complexity index is 560. The van der Waals surface area contributed by atoms with Crippen molar-refractivity contribution in [1.29, 1.82) is 0 Å². The molecule has 0 amide bonds. The maximum Gasteiger partial charge on any atom is 0.303 e. The second kappa shape index (κ2) is 6.23. The number of carbonyl (C=O) groups is 1. The van der Waals surface area contributed by atoms with E-state index >= 15 is 0 Å². The van der Waals surface area contributed by atoms with Crippen molar-refractivity contribution >= 4 is 22.4 Å². The molecule has 0 aliphatic heterocycles. The van der Waals surface area contributed by atoms with Crippen molar-refractivity contribution in [2.75, 3.05) is 18.0 Å². The van der Waals surface area contributed by atoms with Crippen LogP contribution in [0.4, 0.5) is 5.69 Å². The molecule has 19 heavy (non-hydrogen) atoms. The molecule has 3 nitrogen and oxygen atoms in total. The molecular weight excluding hydrogens is 238 g/mol. The largest absolute Gasteiger partial charge is 0.481 e. The predicted octanol–water partition coefficient (Wildman–Crippen LogP) is 3.53. The summed E-state index contributed by atoms with van der Waals surface area (Å²) in [6.45, 7) is 3.76. The van der Waals surface area contributed by atoms with Crippen LogP contribution in [0.2, 0.25) is 0 Å². The van der Waals surface area contributed by atoms with Crippen LogP contribution in [0.15, 0.2) is 42.5 Å². The van der Waals surface area contributed by atoms with Gasteiger partial charge in [0.1, 0.15) is 0 Å². The number of carboxylic acid groups (broad SMARTS) is 1. The van der Waals surface area contributed by atoms with Crippen LogP contribution in [0.5, 0.6) is 0 Å². The number of fused-ring (bicyclic) bond motifs is 1. The number of hydrogen-bond acceptors (Lipinski definition) is 2. The van der Waals surface area contributed by atoms with E-state index in [0.717, 1.165) is 13.1 Å². The van der Waals surface area contributed by atoms with Crippen molar-refractivity contribution in [3.8, 4) is 0 Å². The Morgan fingerprint density at radius 2 is 1.89 bits per heavy atom. The first-order chi connectivity index (χ1) is 9.22. The molecule has 0 aliphatic carbocycles. The third-order valence-electron chi connectivity index (χ3n) is 3.31. The minimum Gasteiger partial charge on any atom is -0.481 e. The maximum atomic E-state index is 10.6. The van der Waals surface area contributed by atoms with Crippen LogP contribution in [0.1, 0.15) is 19.8 Å². The standard InChI is InChI=1S/C16H19NO2/c1-2-17(12-6-11-16(18)19)15-10-5-8-13-7-3-4-9-14(13)15/h3-5,7-10H,2,6,11-12H2,1H3,(H,18,19). The van der Waals surface area contributed by atoms with Gasteiger partial charge in [0.05, 0.1) is 0 Å². The number of hydrogen-bond donors (Lipinski definition) is 1. The molecule has 0 saturated heterocycles. The molecule has 0 aliphatic rings. The summed E-state index contributed by atoms with van der Waals surface area (Å²) in [5, 5.41) is 11.2. The van der Waals surface area contributed by atoms with E-state index in [2.05, 4.69) is 42.2 Å². The highest BCUT2D eigenvalue weighted by Crippen LogP contribution is 2.26. The van der Waals surface area contributed by atoms with Gasteiger partial charge in [-0.3, -0.25) is 4.79 Å². The molecule has 0 aromatic heterocycles. The lowest BCUT2D eigenvalue weighted by atomic mass is 10.1. The lowest BCUT2D eigenvalue weighted by molar-refractivity contribution is -0.137. The van der Waals surface area contributed by atoms with Crippen molar-refractivity contribution in [2.24, 2.45) is 0 Å². The lowest BCUT2D eigenvalue weighted by Crippen LogP contribution is -2.24. The summed E-state index contributed by atoms with van der Waals surface area (Å²) in [6, 6.07) is 14.5. The second-order valence-electron chi connectivity index (χ2n) is 4.58. The van der Waals surface area contributed by atoms with Gasteiger partial charge in [0.2, 0.25) is 0 Å². The van der Waals surface area contributed by atoms with E-state index in [0.29, 0.717) is 6.42 Å². The van der Waals surface area contributed by atoms with Crippen LogP contribution >= 0.6 is 0 Å². The maximum absolute atomic E-state index is 10.6. The second-order valence-corrected chi connectivity index (χ2v) is 4.58. The molecule has 0 radical (unpaired) electrons. The van der Waals surface area contributed by atoms with E-state index in [1.165, 1.54) is 16.5 Å². The van der Waals surface area contributed by atoms with Crippen molar-refractivity contribution in [3.63, 3.8) is 0 Å². The first-order valence-electron chi connectivity index (χ1n) is 6.67. The molecule has 0 atom stereocenters. The summed E-state index contributed by atoms with van der Waals surface area (Å²) < 4.78 is 0. The summed E-state index contributed by atoms with van der Waals surface area (Å²) in [7, 11) is 0. The zero-order valence-corrected chi connectivity index (χ0v) is 11.2. The molecule has 0 heterocycles. The quantitative estimate of drug-likeness (QED) is 0.860. The summed E-state index contributed by atoms with van der Waals surface area (Å²) >= 11 is 0. The van der Waals surface area contributed by atoms with Gasteiger partial charge in [0.25, 0.3) is 0 Å². The van der Waals surface area contributed by atoms with Crippen LogP contribution in [-0.4, -0.2) is 24.2 Å². The Morgan fingerprint density at radius 3 is 2.63 bits per heavy atom. The highest BCUT2D eigenvalue weighted by Gasteiger charge is 2.08. The fraction of sp³-hybridized carbons (Fsp3) is 0.312. The van der Waals surface area contributed by atoms with E-state index in [4.69, 9.17) is 5.11 Å². The van der Waals surface area contributed by atoms with Gasteiger partial charge in [0.15, 0.2) is 0 Å². The molecule has 0 fully saturated rings. The lowest BCUT2D eigenvalue weighted by Gasteiger charge is -2.24. The van der Waals surface area contributed by atoms with E-state index in [1.54, 1.807) is 0 Å². The monoisotopic (exact) mass is 257 g/mol. The smallest absolute Gasteiger partial charge is 0.303 e. The van der Waals surface area contributed by atoms with Gasteiger partial charge in [0, 0.05) is 30.6 Å². The van der Waals surface area contributed by atoms with Gasteiger partial charge in [-0.1, -0.05) is 36.4 Å². The molecule has 0 unspecified atom stereocenters. The number of carboxylic acids is 1. The number of benzene rings is 2. The number of rotatable bonds is 6. The van der Waals surface area contributed by atoms with Gasteiger partial charge in [-0.2, -0.15) is 0 Å². The molecular formula is C16H19NO2. The summed E-state index contributed by atoms with van der Waals surface area (Å²) in [5.74, 6) is -0.728. The normalized spacial score (nSPS) is 10.6. The van der Waals surface area contributed by atoms with Crippen molar-refractivity contribution in [3.05, 3.63) is 42.5 Å². The minimum atomic E-state index is -0.728. The van der Waals surface area contributed by atoms with E-state index in [-0.39, 0.29) is 6.42 Å². The third-order valence-corrected chi connectivity index (χ3v) is 3.31. The van der Waals surface area contributed by atoms with Crippen LogP contribution in [-0.2, 0) is 4.79 Å². The van der Waals surface area contributed by atoms with Crippen molar-refractivity contribution in [2.45, 2.75) is 19.8 Å². The topological polar surface area (TPSA) is 40.5 Å². The average molecular weight is 257 g/mol. The Kier molecular flexibility index (Phi) is 4.39. The van der Waals surface area contributed by atoms with E-state index in [1.807, 2.05) is 12.1 Å². The van der Waals surface area contributed by atoms with Gasteiger partial charge >= 0.3 is 5.97 Å². The molecule has 0 saturated carbocycles. The number of aliphatic carboxylic acids is 1. The van der Waals surface area contributed by atoms with Crippen molar-refractivity contribution in [1.82, 2.24) is 0 Å². The Balaban J connectivity index is 2.22. The Labute approximate surface area is 113 Å². The highest BCUT2D eigenvalue weighted by atomic mass is 16.4. The van der Waals surface area contributed by atoms with E-state index < -0.39 is 5.97 Å². The zero-order chi connectivity index (χ0) is 13.7. The fourth-order valence-electron chi connectivity index (χ4n) is 2.35. The van der Waals surface area contributed by atoms with Crippen molar-refractivity contribution < 1.29 is 9.90 Å². The minimum absolute atomic E-state index is 0.223. The Hall–Kier alpha value is -2.03. The highest BCUT2D eigenvalue weighted by molar-refractivity contribution is 5.94. The first-order valence-corrected chi connectivity index (χ1v) is 6.67. The first kappa shape index (κ1) is 13.4. The molecule has 2 rings (SSSR count). The van der Waals surface area contributed by atoms with Gasteiger partial charge in [-0.25, -0.2) is 0 Å². The van der Waals surface area contributed by atoms with Gasteiger partial charge in [-0.05, 0) is 24.8 Å².